The van der Waals surface area contributed by atoms with Crippen molar-refractivity contribution in [3.63, 3.8) is 0 Å². The Morgan fingerprint density at radius 3 is 2.40 bits per heavy atom. The van der Waals surface area contributed by atoms with Gasteiger partial charge in [-0.25, -0.2) is 0 Å². The van der Waals surface area contributed by atoms with Crippen molar-refractivity contribution < 1.29 is 14.6 Å². The summed E-state index contributed by atoms with van der Waals surface area (Å²) < 4.78 is 5.69. The van der Waals surface area contributed by atoms with E-state index in [9.17, 15) is 4.79 Å². The van der Waals surface area contributed by atoms with Gasteiger partial charge in [-0.15, -0.1) is 11.8 Å². The Morgan fingerprint density at radius 2 is 1.75 bits per heavy atom. The summed E-state index contributed by atoms with van der Waals surface area (Å²) in [5.41, 5.74) is 1.13. The highest BCUT2D eigenvalue weighted by molar-refractivity contribution is 7.99. The molecule has 2 rings (SSSR count). The average molecular weight is 288 g/mol. The summed E-state index contributed by atoms with van der Waals surface area (Å²) in [5.74, 6) is 0.635. The fraction of sp³-hybridized carbons (Fsp3) is 0.188. The van der Waals surface area contributed by atoms with Crippen LogP contribution in [-0.2, 0) is 11.4 Å². The van der Waals surface area contributed by atoms with Gasteiger partial charge in [0.25, 0.3) is 0 Å². The fourth-order valence-corrected chi connectivity index (χ4v) is 2.47. The molecule has 0 fully saturated rings. The second kappa shape index (κ2) is 7.60. The third kappa shape index (κ3) is 4.97. The smallest absolute Gasteiger partial charge is 0.304 e. The second-order valence-electron chi connectivity index (χ2n) is 4.24. The molecular weight excluding hydrogens is 272 g/mol. The Hall–Kier alpha value is -1.94. The van der Waals surface area contributed by atoms with E-state index in [-0.39, 0.29) is 6.42 Å². The van der Waals surface area contributed by atoms with Crippen LogP contribution in [0.5, 0.6) is 5.75 Å². The lowest BCUT2D eigenvalue weighted by Crippen LogP contribution is -1.96. The van der Waals surface area contributed by atoms with E-state index in [2.05, 4.69) is 0 Å². The lowest BCUT2D eigenvalue weighted by molar-refractivity contribution is -0.136. The van der Waals surface area contributed by atoms with E-state index in [1.807, 2.05) is 54.6 Å². The first-order valence-corrected chi connectivity index (χ1v) is 7.34. The first-order chi connectivity index (χ1) is 9.74. The summed E-state index contributed by atoms with van der Waals surface area (Å²) in [6.07, 6.45) is 0.178. The Kier molecular flexibility index (Phi) is 5.50. The molecule has 0 aliphatic heterocycles. The van der Waals surface area contributed by atoms with Crippen molar-refractivity contribution >= 4 is 17.7 Å². The zero-order chi connectivity index (χ0) is 14.2. The number of ether oxygens (including phenoxy) is 1. The first-order valence-electron chi connectivity index (χ1n) is 6.35. The summed E-state index contributed by atoms with van der Waals surface area (Å²) >= 11 is 1.54. The molecule has 4 heteroatoms. The lowest BCUT2D eigenvalue weighted by Gasteiger charge is -2.07. The van der Waals surface area contributed by atoms with Crippen LogP contribution >= 0.6 is 11.8 Å². The van der Waals surface area contributed by atoms with Gasteiger partial charge in [-0.2, -0.15) is 0 Å². The van der Waals surface area contributed by atoms with Crippen LogP contribution < -0.4 is 4.74 Å². The van der Waals surface area contributed by atoms with Crippen molar-refractivity contribution in [2.24, 2.45) is 0 Å². The zero-order valence-electron chi connectivity index (χ0n) is 11.0. The molecule has 0 saturated heterocycles. The second-order valence-corrected chi connectivity index (χ2v) is 5.41. The first kappa shape index (κ1) is 14.5. The van der Waals surface area contributed by atoms with Crippen molar-refractivity contribution in [3.05, 3.63) is 60.2 Å². The summed E-state index contributed by atoms with van der Waals surface area (Å²) in [7, 11) is 0. The van der Waals surface area contributed by atoms with Crippen LogP contribution in [0, 0.1) is 0 Å². The molecule has 3 nitrogen and oxygen atoms in total. The summed E-state index contributed by atoms with van der Waals surface area (Å²) in [6.45, 7) is 0.548. The van der Waals surface area contributed by atoms with Crippen molar-refractivity contribution in [1.82, 2.24) is 0 Å². The fourth-order valence-electron chi connectivity index (χ4n) is 1.63. The summed E-state index contributed by atoms with van der Waals surface area (Å²) in [6, 6.07) is 17.7. The van der Waals surface area contributed by atoms with Crippen LogP contribution in [0.1, 0.15) is 12.0 Å². The van der Waals surface area contributed by atoms with Crippen LogP contribution in [0.25, 0.3) is 0 Å². The molecular formula is C16H16O3S. The molecule has 0 heterocycles. The zero-order valence-corrected chi connectivity index (χ0v) is 11.8. The molecule has 0 aromatic heterocycles. The van der Waals surface area contributed by atoms with E-state index in [4.69, 9.17) is 9.84 Å². The van der Waals surface area contributed by atoms with Gasteiger partial charge in [0.15, 0.2) is 0 Å². The Balaban J connectivity index is 1.81. The minimum atomic E-state index is -0.764. The molecule has 0 saturated carbocycles. The maximum absolute atomic E-state index is 10.4. The molecule has 1 N–H and O–H groups in total. The SMILES string of the molecule is O=C(O)CCSc1ccc(OCc2ccccc2)cc1. The predicted molar refractivity (Wildman–Crippen MR) is 80.2 cm³/mol. The number of aliphatic carboxylic acids is 1. The molecule has 0 atom stereocenters. The van der Waals surface area contributed by atoms with Gasteiger partial charge in [0.05, 0.1) is 6.42 Å². The van der Waals surface area contributed by atoms with Crippen molar-refractivity contribution in [2.45, 2.75) is 17.9 Å². The van der Waals surface area contributed by atoms with Crippen LogP contribution in [0.2, 0.25) is 0 Å². The summed E-state index contributed by atoms with van der Waals surface area (Å²) in [4.78, 5) is 11.5. The molecule has 0 aliphatic rings. The van der Waals surface area contributed by atoms with Crippen LogP contribution in [-0.4, -0.2) is 16.8 Å². The predicted octanol–water partition coefficient (Wildman–Crippen LogP) is 3.83. The quantitative estimate of drug-likeness (QED) is 0.786. The van der Waals surface area contributed by atoms with E-state index >= 15 is 0 Å². The number of benzene rings is 2. The summed E-state index contributed by atoms with van der Waals surface area (Å²) in [5, 5.41) is 8.58. The monoisotopic (exact) mass is 288 g/mol. The highest BCUT2D eigenvalue weighted by atomic mass is 32.2. The number of thioether (sulfide) groups is 1. The van der Waals surface area contributed by atoms with Gasteiger partial charge < -0.3 is 9.84 Å². The number of carboxylic acid groups (broad SMARTS) is 1. The largest absolute Gasteiger partial charge is 0.489 e. The molecule has 0 radical (unpaired) electrons. The lowest BCUT2D eigenvalue weighted by atomic mass is 10.2. The molecule has 0 bridgehead atoms. The van der Waals surface area contributed by atoms with Gasteiger partial charge in [-0.05, 0) is 29.8 Å². The van der Waals surface area contributed by atoms with Crippen LogP contribution in [0.15, 0.2) is 59.5 Å². The molecule has 0 amide bonds. The molecule has 104 valence electrons. The van der Waals surface area contributed by atoms with Gasteiger partial charge in [0, 0.05) is 10.6 Å². The molecule has 20 heavy (non-hydrogen) atoms. The Bertz CT molecular complexity index is 537. The number of hydrogen-bond acceptors (Lipinski definition) is 3. The van der Waals surface area contributed by atoms with Crippen molar-refractivity contribution in [3.8, 4) is 5.75 Å². The third-order valence-electron chi connectivity index (χ3n) is 2.66. The van der Waals surface area contributed by atoms with E-state index in [1.165, 1.54) is 11.8 Å². The van der Waals surface area contributed by atoms with E-state index in [0.29, 0.717) is 12.4 Å². The molecule has 0 spiro atoms. The van der Waals surface area contributed by atoms with E-state index < -0.39 is 5.97 Å². The van der Waals surface area contributed by atoms with Gasteiger partial charge >= 0.3 is 5.97 Å². The normalized spacial score (nSPS) is 10.2. The highest BCUT2D eigenvalue weighted by Gasteiger charge is 2.00. The van der Waals surface area contributed by atoms with Crippen LogP contribution in [0.4, 0.5) is 0 Å². The maximum atomic E-state index is 10.4. The molecule has 0 aliphatic carbocycles. The van der Waals surface area contributed by atoms with Gasteiger partial charge in [0.1, 0.15) is 12.4 Å². The van der Waals surface area contributed by atoms with Crippen molar-refractivity contribution in [1.29, 1.82) is 0 Å². The Labute approximate surface area is 122 Å². The van der Waals surface area contributed by atoms with Crippen LogP contribution in [0.3, 0.4) is 0 Å². The number of carbonyl (C=O) groups is 1. The number of rotatable bonds is 7. The van der Waals surface area contributed by atoms with E-state index in [1.54, 1.807) is 0 Å². The number of carboxylic acids is 1. The highest BCUT2D eigenvalue weighted by Crippen LogP contribution is 2.22. The standard InChI is InChI=1S/C16H16O3S/c17-16(18)10-11-20-15-8-6-14(7-9-15)19-12-13-4-2-1-3-5-13/h1-9H,10-12H2,(H,17,18). The maximum Gasteiger partial charge on any atom is 0.304 e. The minimum Gasteiger partial charge on any atom is -0.489 e. The van der Waals surface area contributed by atoms with E-state index in [0.717, 1.165) is 16.2 Å². The van der Waals surface area contributed by atoms with Gasteiger partial charge in [-0.1, -0.05) is 30.3 Å². The van der Waals surface area contributed by atoms with Gasteiger partial charge in [-0.3, -0.25) is 4.79 Å². The average Bonchev–Trinajstić information content (AvgIpc) is 2.47. The molecule has 2 aromatic carbocycles. The Morgan fingerprint density at radius 1 is 1.05 bits per heavy atom. The molecule has 0 unspecified atom stereocenters. The van der Waals surface area contributed by atoms with Gasteiger partial charge in [0.2, 0.25) is 0 Å². The number of hydrogen-bond donors (Lipinski definition) is 1. The van der Waals surface area contributed by atoms with Crippen molar-refractivity contribution in [2.75, 3.05) is 5.75 Å². The molecule has 2 aromatic rings. The third-order valence-corrected chi connectivity index (χ3v) is 3.67. The minimum absolute atomic E-state index is 0.178. The topological polar surface area (TPSA) is 46.5 Å².